The van der Waals surface area contributed by atoms with E-state index in [1.807, 2.05) is 6.26 Å². The van der Waals surface area contributed by atoms with Crippen LogP contribution >= 0.6 is 23.5 Å². The van der Waals surface area contributed by atoms with Crippen LogP contribution in [0.3, 0.4) is 0 Å². The highest BCUT2D eigenvalue weighted by Gasteiger charge is 2.20. The van der Waals surface area contributed by atoms with E-state index in [0.717, 1.165) is 11.8 Å². The van der Waals surface area contributed by atoms with Crippen molar-refractivity contribution in [3.8, 4) is 0 Å². The molecule has 0 fully saturated rings. The molecule has 13 heavy (non-hydrogen) atoms. The standard InChI is InChI=1S/C8H14O3S2/c1-4-11-7(9)5-6(12-2)8(10)13-3/h6H,4-5H2,1-3H3. The molecule has 0 radical (unpaired) electrons. The molecular formula is C8H14O3S2. The van der Waals surface area contributed by atoms with Crippen LogP contribution in [-0.2, 0) is 14.3 Å². The van der Waals surface area contributed by atoms with Gasteiger partial charge in [-0.25, -0.2) is 0 Å². The molecule has 0 aliphatic carbocycles. The van der Waals surface area contributed by atoms with Gasteiger partial charge < -0.3 is 4.74 Å². The fourth-order valence-corrected chi connectivity index (χ4v) is 2.18. The summed E-state index contributed by atoms with van der Waals surface area (Å²) in [5.41, 5.74) is 0. The van der Waals surface area contributed by atoms with Crippen LogP contribution in [-0.4, -0.2) is 35.5 Å². The van der Waals surface area contributed by atoms with Crippen LogP contribution in [0, 0.1) is 0 Å². The van der Waals surface area contributed by atoms with E-state index in [9.17, 15) is 9.59 Å². The topological polar surface area (TPSA) is 43.4 Å². The molecule has 0 aliphatic heterocycles. The van der Waals surface area contributed by atoms with E-state index in [0.29, 0.717) is 6.61 Å². The number of carbonyl (C=O) groups excluding carboxylic acids is 2. The summed E-state index contributed by atoms with van der Waals surface area (Å²) in [7, 11) is 0. The number of thioether (sulfide) groups is 2. The van der Waals surface area contributed by atoms with Gasteiger partial charge in [0.1, 0.15) is 0 Å². The molecule has 0 amide bonds. The summed E-state index contributed by atoms with van der Waals surface area (Å²) in [6.45, 7) is 2.12. The van der Waals surface area contributed by atoms with Gasteiger partial charge in [0.25, 0.3) is 0 Å². The maximum atomic E-state index is 11.2. The van der Waals surface area contributed by atoms with Gasteiger partial charge in [-0.3, -0.25) is 9.59 Å². The van der Waals surface area contributed by atoms with Crippen molar-refractivity contribution in [1.82, 2.24) is 0 Å². The van der Waals surface area contributed by atoms with Crippen LogP contribution in [0.5, 0.6) is 0 Å². The third-order valence-electron chi connectivity index (χ3n) is 1.41. The molecule has 0 aliphatic rings. The molecule has 0 rings (SSSR count). The zero-order valence-electron chi connectivity index (χ0n) is 8.03. The van der Waals surface area contributed by atoms with E-state index in [2.05, 4.69) is 0 Å². The fraction of sp³-hybridized carbons (Fsp3) is 0.750. The van der Waals surface area contributed by atoms with Gasteiger partial charge in [0.2, 0.25) is 5.12 Å². The van der Waals surface area contributed by atoms with E-state index in [1.54, 1.807) is 13.2 Å². The third kappa shape index (κ3) is 5.21. The van der Waals surface area contributed by atoms with Crippen LogP contribution in [0.4, 0.5) is 0 Å². The molecule has 3 nitrogen and oxygen atoms in total. The van der Waals surface area contributed by atoms with Gasteiger partial charge in [0, 0.05) is 0 Å². The maximum Gasteiger partial charge on any atom is 0.307 e. The summed E-state index contributed by atoms with van der Waals surface area (Å²) < 4.78 is 4.76. The molecule has 0 N–H and O–H groups in total. The zero-order chi connectivity index (χ0) is 10.3. The van der Waals surface area contributed by atoms with Crippen molar-refractivity contribution in [2.45, 2.75) is 18.6 Å². The molecule has 76 valence electrons. The van der Waals surface area contributed by atoms with Crippen LogP contribution in [0.2, 0.25) is 0 Å². The molecule has 0 aromatic rings. The Bertz CT molecular complexity index is 182. The molecule has 0 aromatic carbocycles. The van der Waals surface area contributed by atoms with E-state index < -0.39 is 0 Å². The summed E-state index contributed by atoms with van der Waals surface area (Å²) >= 11 is 2.54. The first-order valence-electron chi connectivity index (χ1n) is 3.91. The molecule has 0 spiro atoms. The van der Waals surface area contributed by atoms with Gasteiger partial charge in [-0.15, -0.1) is 0 Å². The normalized spacial score (nSPS) is 12.2. The SMILES string of the molecule is CCOC(=O)CC(SC)C(=O)SC. The number of hydrogen-bond donors (Lipinski definition) is 0. The minimum atomic E-state index is -0.302. The van der Waals surface area contributed by atoms with Crippen molar-refractivity contribution in [2.24, 2.45) is 0 Å². The second-order valence-corrected chi connectivity index (χ2v) is 4.11. The Morgan fingerprint density at radius 1 is 1.38 bits per heavy atom. The quantitative estimate of drug-likeness (QED) is 0.660. The van der Waals surface area contributed by atoms with Gasteiger partial charge in [0.15, 0.2) is 0 Å². The lowest BCUT2D eigenvalue weighted by molar-refractivity contribution is -0.143. The van der Waals surface area contributed by atoms with E-state index in [-0.39, 0.29) is 22.8 Å². The minimum absolute atomic E-state index is 0.0283. The predicted molar refractivity (Wildman–Crippen MR) is 57.1 cm³/mol. The molecule has 0 heterocycles. The van der Waals surface area contributed by atoms with Crippen molar-refractivity contribution < 1.29 is 14.3 Å². The van der Waals surface area contributed by atoms with E-state index in [1.165, 1.54) is 11.8 Å². The summed E-state index contributed by atoms with van der Waals surface area (Å²) in [4.78, 5) is 22.3. The second kappa shape index (κ2) is 7.26. The average Bonchev–Trinajstić information content (AvgIpc) is 2.13. The molecule has 1 unspecified atom stereocenters. The Balaban J connectivity index is 3.97. The van der Waals surface area contributed by atoms with Crippen molar-refractivity contribution >= 4 is 34.6 Å². The molecule has 1 atom stereocenters. The third-order valence-corrected chi connectivity index (χ3v) is 3.19. The van der Waals surface area contributed by atoms with Crippen molar-refractivity contribution in [1.29, 1.82) is 0 Å². The summed E-state index contributed by atoms with van der Waals surface area (Å²) in [6.07, 6.45) is 3.71. The largest absolute Gasteiger partial charge is 0.466 e. The Morgan fingerprint density at radius 3 is 2.38 bits per heavy atom. The van der Waals surface area contributed by atoms with Gasteiger partial charge >= 0.3 is 5.97 Å². The van der Waals surface area contributed by atoms with E-state index >= 15 is 0 Å². The first-order valence-corrected chi connectivity index (χ1v) is 6.43. The Labute approximate surface area is 87.0 Å². The van der Waals surface area contributed by atoms with Crippen molar-refractivity contribution in [3.63, 3.8) is 0 Å². The van der Waals surface area contributed by atoms with Crippen LogP contribution in [0.25, 0.3) is 0 Å². The molecule has 0 bridgehead atoms. The second-order valence-electron chi connectivity index (χ2n) is 2.26. The average molecular weight is 222 g/mol. The highest BCUT2D eigenvalue weighted by molar-refractivity contribution is 8.15. The highest BCUT2D eigenvalue weighted by atomic mass is 32.2. The van der Waals surface area contributed by atoms with Crippen molar-refractivity contribution in [2.75, 3.05) is 19.1 Å². The Hall–Kier alpha value is -0.160. The van der Waals surface area contributed by atoms with Gasteiger partial charge in [0.05, 0.1) is 18.3 Å². The number of hydrogen-bond acceptors (Lipinski definition) is 5. The Morgan fingerprint density at radius 2 is 2.00 bits per heavy atom. The fourth-order valence-electron chi connectivity index (χ4n) is 0.766. The number of rotatable bonds is 5. The smallest absolute Gasteiger partial charge is 0.307 e. The summed E-state index contributed by atoms with van der Waals surface area (Å²) in [5.74, 6) is -0.302. The molecule has 0 aromatic heterocycles. The van der Waals surface area contributed by atoms with Crippen LogP contribution in [0.15, 0.2) is 0 Å². The maximum absolute atomic E-state index is 11.2. The molecule has 0 saturated heterocycles. The first kappa shape index (κ1) is 12.8. The summed E-state index contributed by atoms with van der Waals surface area (Å²) in [5, 5.41) is -0.241. The van der Waals surface area contributed by atoms with Gasteiger partial charge in [-0.1, -0.05) is 11.8 Å². The van der Waals surface area contributed by atoms with Crippen LogP contribution in [0.1, 0.15) is 13.3 Å². The molecule has 0 saturated carbocycles. The monoisotopic (exact) mass is 222 g/mol. The minimum Gasteiger partial charge on any atom is -0.466 e. The van der Waals surface area contributed by atoms with Gasteiger partial charge in [-0.2, -0.15) is 11.8 Å². The first-order chi connectivity index (χ1) is 6.15. The number of ether oxygens (including phenoxy) is 1. The van der Waals surface area contributed by atoms with Gasteiger partial charge in [-0.05, 0) is 19.4 Å². The summed E-state index contributed by atoms with van der Waals surface area (Å²) in [6, 6.07) is 0. The lowest BCUT2D eigenvalue weighted by Crippen LogP contribution is -2.19. The predicted octanol–water partition coefficient (Wildman–Crippen LogP) is 1.56. The lowest BCUT2D eigenvalue weighted by Gasteiger charge is -2.09. The lowest BCUT2D eigenvalue weighted by atomic mass is 10.3. The highest BCUT2D eigenvalue weighted by Crippen LogP contribution is 2.17. The van der Waals surface area contributed by atoms with Crippen LogP contribution < -0.4 is 0 Å². The van der Waals surface area contributed by atoms with E-state index in [4.69, 9.17) is 4.74 Å². The zero-order valence-corrected chi connectivity index (χ0v) is 9.67. The Kier molecular flexibility index (Phi) is 7.17. The number of esters is 1. The molecular weight excluding hydrogens is 208 g/mol. The number of carbonyl (C=O) groups is 2. The van der Waals surface area contributed by atoms with Crippen molar-refractivity contribution in [3.05, 3.63) is 0 Å². The molecule has 5 heteroatoms.